The molecule has 0 N–H and O–H groups in total. The number of hydrogen-bond donors (Lipinski definition) is 0. The van der Waals surface area contributed by atoms with Gasteiger partial charge in [-0.05, 0) is 24.5 Å². The molecule has 0 aliphatic carbocycles. The van der Waals surface area contributed by atoms with Crippen LogP contribution in [0.15, 0.2) is 24.3 Å². The summed E-state index contributed by atoms with van der Waals surface area (Å²) < 4.78 is 25.3. The van der Waals surface area contributed by atoms with Gasteiger partial charge in [-0.2, -0.15) is 0 Å². The second kappa shape index (κ2) is 3.86. The average Bonchev–Trinajstić information content (AvgIpc) is 2.01. The molecule has 0 nitrogen and oxygen atoms in total. The van der Waals surface area contributed by atoms with Crippen molar-refractivity contribution in [1.82, 2.24) is 0 Å². The summed E-state index contributed by atoms with van der Waals surface area (Å²) in [7, 11) is 0. The highest BCUT2D eigenvalue weighted by Crippen LogP contribution is 2.19. The van der Waals surface area contributed by atoms with Crippen LogP contribution in [0.1, 0.15) is 25.0 Å². The summed E-state index contributed by atoms with van der Waals surface area (Å²) in [5.74, 6) is -2.60. The minimum Gasteiger partial charge on any atom is -0.207 e. The molecule has 1 aromatic carbocycles. The van der Waals surface area contributed by atoms with Crippen LogP contribution in [-0.2, 0) is 12.8 Å². The molecule has 0 heterocycles. The molecule has 1 aromatic rings. The topological polar surface area (TPSA) is 0 Å². The highest BCUT2D eigenvalue weighted by Gasteiger charge is 2.21. The van der Waals surface area contributed by atoms with E-state index in [1.807, 2.05) is 25.1 Å². The molecule has 0 bridgehead atoms. The van der Waals surface area contributed by atoms with Gasteiger partial charge in [0.05, 0.1) is 0 Å². The lowest BCUT2D eigenvalue weighted by Gasteiger charge is -2.10. The molecule has 0 atom stereocenters. The predicted molar refractivity (Wildman–Crippen MR) is 50.1 cm³/mol. The molecule has 2 heteroatoms. The zero-order valence-corrected chi connectivity index (χ0v) is 7.98. The van der Waals surface area contributed by atoms with Crippen molar-refractivity contribution in [3.63, 3.8) is 0 Å². The lowest BCUT2D eigenvalue weighted by molar-refractivity contribution is 0.0226. The van der Waals surface area contributed by atoms with Crippen LogP contribution in [0.4, 0.5) is 8.78 Å². The zero-order valence-electron chi connectivity index (χ0n) is 7.98. The highest BCUT2D eigenvalue weighted by molar-refractivity contribution is 5.24. The van der Waals surface area contributed by atoms with Gasteiger partial charge in [-0.1, -0.05) is 31.2 Å². The first-order valence-electron chi connectivity index (χ1n) is 4.47. The smallest absolute Gasteiger partial charge is 0.207 e. The van der Waals surface area contributed by atoms with Gasteiger partial charge in [0.15, 0.2) is 0 Å². The van der Waals surface area contributed by atoms with Crippen molar-refractivity contribution in [3.05, 3.63) is 35.4 Å². The minimum atomic E-state index is -2.60. The summed E-state index contributed by atoms with van der Waals surface area (Å²) in [6.07, 6.45) is 0.726. The van der Waals surface area contributed by atoms with E-state index in [-0.39, 0.29) is 6.42 Å². The number of rotatable bonds is 3. The van der Waals surface area contributed by atoms with Crippen LogP contribution in [0.25, 0.3) is 0 Å². The van der Waals surface area contributed by atoms with Gasteiger partial charge in [0.1, 0.15) is 0 Å². The normalized spacial score (nSPS) is 11.7. The van der Waals surface area contributed by atoms with Crippen LogP contribution in [0, 0.1) is 0 Å². The van der Waals surface area contributed by atoms with E-state index in [1.165, 1.54) is 0 Å². The van der Waals surface area contributed by atoms with E-state index in [9.17, 15) is 8.78 Å². The summed E-state index contributed by atoms with van der Waals surface area (Å²) in [5, 5.41) is 0. The van der Waals surface area contributed by atoms with Gasteiger partial charge < -0.3 is 0 Å². The largest absolute Gasteiger partial charge is 0.249 e. The monoisotopic (exact) mass is 184 g/mol. The number of aryl methyl sites for hydroxylation is 1. The molecule has 0 aliphatic rings. The first kappa shape index (κ1) is 10.2. The molecule has 0 saturated carbocycles. The second-order valence-corrected chi connectivity index (χ2v) is 3.42. The molecule has 0 aromatic heterocycles. The molecule has 0 saturated heterocycles. The summed E-state index contributed by atoms with van der Waals surface area (Å²) in [6.45, 7) is 2.97. The van der Waals surface area contributed by atoms with Crippen molar-refractivity contribution < 1.29 is 8.78 Å². The molecule has 0 unspecified atom stereocenters. The third-order valence-electron chi connectivity index (χ3n) is 1.91. The predicted octanol–water partition coefficient (Wildman–Crippen LogP) is 3.45. The summed E-state index contributed by atoms with van der Waals surface area (Å²) in [4.78, 5) is 0. The molecule has 0 fully saturated rings. The van der Waals surface area contributed by atoms with Crippen molar-refractivity contribution in [2.24, 2.45) is 0 Å². The van der Waals surface area contributed by atoms with Crippen LogP contribution in [0.3, 0.4) is 0 Å². The Kier molecular flexibility index (Phi) is 3.02. The first-order valence-corrected chi connectivity index (χ1v) is 4.47. The Hall–Kier alpha value is -0.920. The maximum absolute atomic E-state index is 12.6. The van der Waals surface area contributed by atoms with E-state index in [2.05, 4.69) is 0 Å². The van der Waals surface area contributed by atoms with Crippen LogP contribution >= 0.6 is 0 Å². The fraction of sp³-hybridized carbons (Fsp3) is 0.455. The van der Waals surface area contributed by atoms with Gasteiger partial charge >= 0.3 is 0 Å². The Morgan fingerprint density at radius 1 is 1.23 bits per heavy atom. The molecular formula is C11H14F2. The quantitative estimate of drug-likeness (QED) is 0.675. The van der Waals surface area contributed by atoms with Crippen LogP contribution in [0.2, 0.25) is 0 Å². The maximum Gasteiger partial charge on any atom is 0.249 e. The SMILES string of the molecule is CCc1cccc(CC(C)(F)F)c1. The Labute approximate surface area is 77.6 Å². The molecule has 72 valence electrons. The fourth-order valence-electron chi connectivity index (χ4n) is 1.32. The Bertz CT molecular complexity index is 274. The van der Waals surface area contributed by atoms with Crippen molar-refractivity contribution in [1.29, 1.82) is 0 Å². The van der Waals surface area contributed by atoms with E-state index < -0.39 is 5.92 Å². The van der Waals surface area contributed by atoms with Crippen molar-refractivity contribution in [3.8, 4) is 0 Å². The minimum absolute atomic E-state index is 0.166. The third kappa shape index (κ3) is 3.53. The summed E-state index contributed by atoms with van der Waals surface area (Å²) >= 11 is 0. The molecule has 1 rings (SSSR count). The number of benzene rings is 1. The first-order chi connectivity index (χ1) is 6.01. The second-order valence-electron chi connectivity index (χ2n) is 3.42. The summed E-state index contributed by atoms with van der Waals surface area (Å²) in [6, 6.07) is 7.38. The highest BCUT2D eigenvalue weighted by atomic mass is 19.3. The number of hydrogen-bond acceptors (Lipinski definition) is 0. The van der Waals surface area contributed by atoms with Crippen LogP contribution in [0.5, 0.6) is 0 Å². The molecule has 0 spiro atoms. The zero-order chi connectivity index (χ0) is 9.90. The van der Waals surface area contributed by atoms with Crippen LogP contribution < -0.4 is 0 Å². The molecular weight excluding hydrogens is 170 g/mol. The molecule has 0 amide bonds. The van der Waals surface area contributed by atoms with Gasteiger partial charge in [-0.15, -0.1) is 0 Å². The summed E-state index contributed by atoms with van der Waals surface area (Å²) in [5.41, 5.74) is 1.83. The van der Waals surface area contributed by atoms with Gasteiger partial charge in [0.2, 0.25) is 5.92 Å². The van der Waals surface area contributed by atoms with Crippen LogP contribution in [-0.4, -0.2) is 5.92 Å². The standard InChI is InChI=1S/C11H14F2/c1-3-9-5-4-6-10(7-9)8-11(2,12)13/h4-7H,3,8H2,1-2H3. The molecule has 0 aliphatic heterocycles. The Morgan fingerprint density at radius 3 is 2.38 bits per heavy atom. The molecule has 13 heavy (non-hydrogen) atoms. The fourth-order valence-corrected chi connectivity index (χ4v) is 1.32. The van der Waals surface area contributed by atoms with E-state index in [1.54, 1.807) is 6.07 Å². The Balaban J connectivity index is 2.78. The maximum atomic E-state index is 12.6. The number of alkyl halides is 2. The van der Waals surface area contributed by atoms with E-state index in [0.29, 0.717) is 5.56 Å². The van der Waals surface area contributed by atoms with Gasteiger partial charge in [0, 0.05) is 6.42 Å². The number of halogens is 2. The lowest BCUT2D eigenvalue weighted by atomic mass is 10.0. The lowest BCUT2D eigenvalue weighted by Crippen LogP contribution is -2.13. The third-order valence-corrected chi connectivity index (χ3v) is 1.91. The van der Waals surface area contributed by atoms with Crippen molar-refractivity contribution in [2.75, 3.05) is 0 Å². The Morgan fingerprint density at radius 2 is 1.85 bits per heavy atom. The average molecular weight is 184 g/mol. The van der Waals surface area contributed by atoms with E-state index in [4.69, 9.17) is 0 Å². The van der Waals surface area contributed by atoms with Crippen molar-refractivity contribution in [2.45, 2.75) is 32.6 Å². The van der Waals surface area contributed by atoms with Gasteiger partial charge in [0.25, 0.3) is 0 Å². The van der Waals surface area contributed by atoms with Gasteiger partial charge in [-0.25, -0.2) is 8.78 Å². The van der Waals surface area contributed by atoms with Crippen molar-refractivity contribution >= 4 is 0 Å². The molecule has 0 radical (unpaired) electrons. The van der Waals surface area contributed by atoms with E-state index in [0.717, 1.165) is 18.9 Å². The van der Waals surface area contributed by atoms with Gasteiger partial charge in [-0.3, -0.25) is 0 Å². The van der Waals surface area contributed by atoms with E-state index >= 15 is 0 Å².